The fourth-order valence-electron chi connectivity index (χ4n) is 4.82. The van der Waals surface area contributed by atoms with Crippen molar-refractivity contribution in [1.82, 2.24) is 9.47 Å². The summed E-state index contributed by atoms with van der Waals surface area (Å²) in [7, 11) is 1.70. The number of morpholine rings is 1. The standard InChI is InChI=1S/C31H34N2O3/c1-34-28-13-9-26(10-14-28)31(30-8-5-17-33(30)24-25-6-3-2-4-7-25)27-11-15-29(16-12-27)36-23-20-32-18-21-35-22-19-32/h2-17,31H,18-24H2,1H3. The summed E-state index contributed by atoms with van der Waals surface area (Å²) >= 11 is 0. The van der Waals surface area contributed by atoms with Gasteiger partial charge < -0.3 is 18.8 Å². The van der Waals surface area contributed by atoms with E-state index in [1.54, 1.807) is 7.11 Å². The second-order valence-electron chi connectivity index (χ2n) is 9.12. The lowest BCUT2D eigenvalue weighted by atomic mass is 9.88. The van der Waals surface area contributed by atoms with Crippen molar-refractivity contribution in [3.05, 3.63) is 120 Å². The molecule has 5 nitrogen and oxygen atoms in total. The molecule has 0 radical (unpaired) electrons. The molecular weight excluding hydrogens is 448 g/mol. The highest BCUT2D eigenvalue weighted by Gasteiger charge is 2.20. The van der Waals surface area contributed by atoms with Crippen LogP contribution in [0.25, 0.3) is 0 Å². The lowest BCUT2D eigenvalue weighted by Crippen LogP contribution is -2.38. The van der Waals surface area contributed by atoms with Gasteiger partial charge in [-0.1, -0.05) is 54.6 Å². The van der Waals surface area contributed by atoms with Gasteiger partial charge in [-0.2, -0.15) is 0 Å². The summed E-state index contributed by atoms with van der Waals surface area (Å²) in [4.78, 5) is 2.39. The molecule has 0 amide bonds. The van der Waals surface area contributed by atoms with Gasteiger partial charge in [0.05, 0.1) is 20.3 Å². The number of benzene rings is 3. The Labute approximate surface area is 213 Å². The minimum Gasteiger partial charge on any atom is -0.497 e. The third-order valence-electron chi connectivity index (χ3n) is 6.80. The van der Waals surface area contributed by atoms with Crippen molar-refractivity contribution in [2.75, 3.05) is 46.6 Å². The van der Waals surface area contributed by atoms with Gasteiger partial charge in [-0.05, 0) is 53.1 Å². The molecule has 186 valence electrons. The van der Waals surface area contributed by atoms with Crippen LogP contribution in [0.15, 0.2) is 97.2 Å². The van der Waals surface area contributed by atoms with Crippen LogP contribution in [-0.2, 0) is 11.3 Å². The highest BCUT2D eigenvalue weighted by atomic mass is 16.5. The lowest BCUT2D eigenvalue weighted by Gasteiger charge is -2.26. The Morgan fingerprint density at radius 1 is 0.778 bits per heavy atom. The summed E-state index contributed by atoms with van der Waals surface area (Å²) in [5, 5.41) is 0. The van der Waals surface area contributed by atoms with E-state index in [0.29, 0.717) is 6.61 Å². The average molecular weight is 483 g/mol. The van der Waals surface area contributed by atoms with Crippen LogP contribution in [0, 0.1) is 0 Å². The first kappa shape index (κ1) is 24.2. The predicted octanol–water partition coefficient (Wildman–Crippen LogP) is 5.44. The monoisotopic (exact) mass is 482 g/mol. The third kappa shape index (κ3) is 5.99. The summed E-state index contributed by atoms with van der Waals surface area (Å²) in [6.45, 7) is 6.02. The molecular formula is C31H34N2O3. The average Bonchev–Trinajstić information content (AvgIpc) is 3.38. The fourth-order valence-corrected chi connectivity index (χ4v) is 4.82. The van der Waals surface area contributed by atoms with Crippen molar-refractivity contribution in [3.63, 3.8) is 0 Å². The highest BCUT2D eigenvalue weighted by Crippen LogP contribution is 2.34. The van der Waals surface area contributed by atoms with E-state index in [0.717, 1.165) is 50.9 Å². The Morgan fingerprint density at radius 2 is 1.44 bits per heavy atom. The lowest BCUT2D eigenvalue weighted by molar-refractivity contribution is 0.0322. The van der Waals surface area contributed by atoms with E-state index < -0.39 is 0 Å². The van der Waals surface area contributed by atoms with Gasteiger partial charge in [0.15, 0.2) is 0 Å². The van der Waals surface area contributed by atoms with Crippen molar-refractivity contribution in [1.29, 1.82) is 0 Å². The summed E-state index contributed by atoms with van der Waals surface area (Å²) < 4.78 is 19.3. The van der Waals surface area contributed by atoms with Crippen LogP contribution in [0.5, 0.6) is 11.5 Å². The van der Waals surface area contributed by atoms with Gasteiger partial charge in [0.2, 0.25) is 0 Å². The second-order valence-corrected chi connectivity index (χ2v) is 9.12. The van der Waals surface area contributed by atoms with Crippen molar-refractivity contribution < 1.29 is 14.2 Å². The summed E-state index contributed by atoms with van der Waals surface area (Å²) in [5.74, 6) is 1.86. The maximum Gasteiger partial charge on any atom is 0.119 e. The first-order chi connectivity index (χ1) is 17.8. The molecule has 2 heterocycles. The zero-order valence-electron chi connectivity index (χ0n) is 20.9. The van der Waals surface area contributed by atoms with Gasteiger partial charge in [-0.3, -0.25) is 4.90 Å². The van der Waals surface area contributed by atoms with Crippen LogP contribution < -0.4 is 9.47 Å². The number of nitrogens with zero attached hydrogens (tertiary/aromatic N) is 2. The zero-order valence-corrected chi connectivity index (χ0v) is 20.9. The van der Waals surface area contributed by atoms with Crippen LogP contribution >= 0.6 is 0 Å². The van der Waals surface area contributed by atoms with E-state index in [-0.39, 0.29) is 5.92 Å². The Hall–Kier alpha value is -3.54. The molecule has 36 heavy (non-hydrogen) atoms. The molecule has 0 bridgehead atoms. The number of methoxy groups -OCH3 is 1. The van der Waals surface area contributed by atoms with Gasteiger partial charge >= 0.3 is 0 Å². The Morgan fingerprint density at radius 3 is 2.11 bits per heavy atom. The van der Waals surface area contributed by atoms with Crippen molar-refractivity contribution >= 4 is 0 Å². The quantitative estimate of drug-likeness (QED) is 0.302. The van der Waals surface area contributed by atoms with Gasteiger partial charge in [-0.25, -0.2) is 0 Å². The molecule has 5 rings (SSSR count). The zero-order chi connectivity index (χ0) is 24.6. The van der Waals surface area contributed by atoms with E-state index in [1.807, 2.05) is 12.1 Å². The van der Waals surface area contributed by atoms with E-state index in [2.05, 4.69) is 94.5 Å². The molecule has 1 saturated heterocycles. The van der Waals surface area contributed by atoms with Crippen LogP contribution in [0.3, 0.4) is 0 Å². The smallest absolute Gasteiger partial charge is 0.119 e. The number of aromatic nitrogens is 1. The highest BCUT2D eigenvalue weighted by molar-refractivity contribution is 5.44. The number of rotatable bonds is 10. The number of hydrogen-bond donors (Lipinski definition) is 0. The molecule has 1 atom stereocenters. The summed E-state index contributed by atoms with van der Waals surface area (Å²) in [6.07, 6.45) is 2.17. The first-order valence-electron chi connectivity index (χ1n) is 12.7. The SMILES string of the molecule is COc1ccc(C(c2ccc(OCCN3CCOCC3)cc2)c2cccn2Cc2ccccc2)cc1. The molecule has 4 aromatic rings. The van der Waals surface area contributed by atoms with Crippen LogP contribution in [0.1, 0.15) is 28.3 Å². The van der Waals surface area contributed by atoms with Crippen LogP contribution in [0.2, 0.25) is 0 Å². The number of ether oxygens (including phenoxy) is 3. The van der Waals surface area contributed by atoms with E-state index in [4.69, 9.17) is 14.2 Å². The van der Waals surface area contributed by atoms with E-state index in [9.17, 15) is 0 Å². The third-order valence-corrected chi connectivity index (χ3v) is 6.80. The molecule has 0 spiro atoms. The van der Waals surface area contributed by atoms with Gasteiger partial charge in [0, 0.05) is 44.0 Å². The molecule has 1 aliphatic heterocycles. The van der Waals surface area contributed by atoms with Gasteiger partial charge in [0.1, 0.15) is 18.1 Å². The minimum absolute atomic E-state index is 0.0945. The Bertz CT molecular complexity index is 1200. The molecule has 3 aromatic carbocycles. The molecule has 5 heteroatoms. The van der Waals surface area contributed by atoms with Crippen molar-refractivity contribution in [2.45, 2.75) is 12.5 Å². The molecule has 0 saturated carbocycles. The van der Waals surface area contributed by atoms with E-state index in [1.165, 1.54) is 22.4 Å². The maximum atomic E-state index is 6.07. The molecule has 0 aliphatic carbocycles. The molecule has 1 aromatic heterocycles. The number of hydrogen-bond acceptors (Lipinski definition) is 4. The molecule has 1 aliphatic rings. The molecule has 0 N–H and O–H groups in total. The molecule has 1 unspecified atom stereocenters. The van der Waals surface area contributed by atoms with Crippen molar-refractivity contribution in [2.24, 2.45) is 0 Å². The van der Waals surface area contributed by atoms with E-state index >= 15 is 0 Å². The second kappa shape index (κ2) is 11.9. The summed E-state index contributed by atoms with van der Waals surface area (Å²) in [5.41, 5.74) is 5.00. The predicted molar refractivity (Wildman–Crippen MR) is 143 cm³/mol. The normalized spacial score (nSPS) is 14.9. The molecule has 1 fully saturated rings. The first-order valence-corrected chi connectivity index (χ1v) is 12.7. The Kier molecular flexibility index (Phi) is 8.01. The topological polar surface area (TPSA) is 35.9 Å². The minimum atomic E-state index is 0.0945. The fraction of sp³-hybridized carbons (Fsp3) is 0.290. The Balaban J connectivity index is 1.37. The van der Waals surface area contributed by atoms with Gasteiger partial charge in [0.25, 0.3) is 0 Å². The summed E-state index contributed by atoms with van der Waals surface area (Å²) in [6, 6.07) is 31.9. The largest absolute Gasteiger partial charge is 0.497 e. The maximum absolute atomic E-state index is 6.07. The van der Waals surface area contributed by atoms with Crippen LogP contribution in [0.4, 0.5) is 0 Å². The van der Waals surface area contributed by atoms with Gasteiger partial charge in [-0.15, -0.1) is 0 Å². The van der Waals surface area contributed by atoms with Crippen LogP contribution in [-0.4, -0.2) is 56.0 Å². The van der Waals surface area contributed by atoms with Crippen molar-refractivity contribution in [3.8, 4) is 11.5 Å².